The second-order valence-corrected chi connectivity index (χ2v) is 6.11. The van der Waals surface area contributed by atoms with Gasteiger partial charge in [-0.25, -0.2) is 4.39 Å². The molecule has 0 aliphatic rings. The summed E-state index contributed by atoms with van der Waals surface area (Å²) in [6.07, 6.45) is 0. The van der Waals surface area contributed by atoms with Crippen molar-refractivity contribution in [1.82, 2.24) is 10.2 Å². The highest BCUT2D eigenvalue weighted by Gasteiger charge is 2.16. The van der Waals surface area contributed by atoms with Crippen molar-refractivity contribution in [3.05, 3.63) is 65.5 Å². The number of carbonyl (C=O) groups excluding carboxylic acids is 3. The molecule has 0 aromatic heterocycles. The Morgan fingerprint density at radius 3 is 2.55 bits per heavy atom. The monoisotopic (exact) mass is 402 g/mol. The van der Waals surface area contributed by atoms with E-state index in [0.29, 0.717) is 23.4 Å². The first kappa shape index (κ1) is 21.9. The Bertz CT molecular complexity index is 872. The van der Waals surface area contributed by atoms with Crippen LogP contribution in [0.2, 0.25) is 0 Å². The highest BCUT2D eigenvalue weighted by Crippen LogP contribution is 2.12. The van der Waals surface area contributed by atoms with Crippen LogP contribution in [0, 0.1) is 5.82 Å². The predicted octanol–water partition coefficient (Wildman–Crippen LogP) is 2.16. The van der Waals surface area contributed by atoms with Crippen LogP contribution < -0.4 is 10.1 Å². The highest BCUT2D eigenvalue weighted by molar-refractivity contribution is 5.96. The van der Waals surface area contributed by atoms with Crippen LogP contribution in [-0.2, 0) is 20.9 Å². The molecule has 29 heavy (non-hydrogen) atoms. The van der Waals surface area contributed by atoms with Crippen molar-refractivity contribution in [3.8, 4) is 5.75 Å². The van der Waals surface area contributed by atoms with Gasteiger partial charge in [0.05, 0.1) is 7.11 Å². The van der Waals surface area contributed by atoms with E-state index in [1.165, 1.54) is 30.2 Å². The normalized spacial score (nSPS) is 10.2. The van der Waals surface area contributed by atoms with Gasteiger partial charge in [0.1, 0.15) is 18.1 Å². The van der Waals surface area contributed by atoms with Crippen LogP contribution in [0.3, 0.4) is 0 Å². The number of nitrogens with one attached hydrogen (secondary N) is 1. The van der Waals surface area contributed by atoms with Gasteiger partial charge in [-0.05, 0) is 42.8 Å². The van der Waals surface area contributed by atoms with Crippen LogP contribution in [0.5, 0.6) is 5.75 Å². The number of likely N-dealkylation sites (N-methyl/N-ethyl adjacent to an activating group) is 1. The number of hydrogen-bond donors (Lipinski definition) is 1. The Labute approximate surface area is 168 Å². The molecule has 2 aromatic carbocycles. The van der Waals surface area contributed by atoms with Crippen LogP contribution >= 0.6 is 0 Å². The summed E-state index contributed by atoms with van der Waals surface area (Å²) in [7, 11) is 1.49. The fourth-order valence-corrected chi connectivity index (χ4v) is 2.54. The van der Waals surface area contributed by atoms with E-state index in [-0.39, 0.29) is 18.9 Å². The highest BCUT2D eigenvalue weighted by atomic mass is 19.1. The summed E-state index contributed by atoms with van der Waals surface area (Å²) in [6, 6.07) is 12.4. The van der Waals surface area contributed by atoms with Crippen molar-refractivity contribution in [2.75, 3.05) is 26.8 Å². The molecule has 0 unspecified atom stereocenters. The number of esters is 1. The lowest BCUT2D eigenvalue weighted by Crippen LogP contribution is -2.36. The Morgan fingerprint density at radius 1 is 1.10 bits per heavy atom. The lowest BCUT2D eigenvalue weighted by molar-refractivity contribution is -0.151. The minimum absolute atomic E-state index is 0.206. The fraction of sp³-hybridized carbons (Fsp3) is 0.286. The van der Waals surface area contributed by atoms with Crippen LogP contribution in [0.4, 0.5) is 4.39 Å². The molecule has 0 aliphatic carbocycles. The third-order valence-electron chi connectivity index (χ3n) is 4.08. The fourth-order valence-electron chi connectivity index (χ4n) is 2.54. The molecule has 0 spiro atoms. The van der Waals surface area contributed by atoms with E-state index >= 15 is 0 Å². The van der Waals surface area contributed by atoms with Gasteiger partial charge in [0.2, 0.25) is 0 Å². The van der Waals surface area contributed by atoms with Gasteiger partial charge in [-0.2, -0.15) is 0 Å². The summed E-state index contributed by atoms with van der Waals surface area (Å²) >= 11 is 0. The van der Waals surface area contributed by atoms with Crippen molar-refractivity contribution < 1.29 is 28.2 Å². The zero-order valence-electron chi connectivity index (χ0n) is 16.3. The SMILES string of the molecule is CCN(Cc1cccc(F)c1)C(=O)COC(=O)CNC(=O)c1cccc(OC)c1. The third kappa shape index (κ3) is 6.91. The maximum atomic E-state index is 13.3. The van der Waals surface area contributed by atoms with Gasteiger partial charge in [-0.3, -0.25) is 14.4 Å². The smallest absolute Gasteiger partial charge is 0.325 e. The van der Waals surface area contributed by atoms with Gasteiger partial charge in [0.15, 0.2) is 6.61 Å². The molecular formula is C21H23FN2O5. The Kier molecular flexibility index (Phi) is 8.14. The maximum Gasteiger partial charge on any atom is 0.325 e. The Hall–Kier alpha value is -3.42. The average molecular weight is 402 g/mol. The van der Waals surface area contributed by atoms with E-state index in [9.17, 15) is 18.8 Å². The molecule has 0 heterocycles. The minimum atomic E-state index is -0.739. The average Bonchev–Trinajstić information content (AvgIpc) is 2.74. The molecule has 0 aliphatic heterocycles. The van der Waals surface area contributed by atoms with Gasteiger partial charge < -0.3 is 19.7 Å². The summed E-state index contributed by atoms with van der Waals surface area (Å²) in [5.41, 5.74) is 0.970. The van der Waals surface area contributed by atoms with Gasteiger partial charge in [-0.15, -0.1) is 0 Å². The summed E-state index contributed by atoms with van der Waals surface area (Å²) in [6.45, 7) is 1.51. The molecule has 7 nitrogen and oxygen atoms in total. The number of halogens is 1. The molecule has 2 rings (SSSR count). The van der Waals surface area contributed by atoms with E-state index < -0.39 is 24.4 Å². The van der Waals surface area contributed by atoms with Crippen LogP contribution in [0.1, 0.15) is 22.8 Å². The lowest BCUT2D eigenvalue weighted by atomic mass is 10.2. The molecule has 0 saturated heterocycles. The minimum Gasteiger partial charge on any atom is -0.497 e. The second-order valence-electron chi connectivity index (χ2n) is 6.11. The molecule has 0 fully saturated rings. The van der Waals surface area contributed by atoms with Gasteiger partial charge in [-0.1, -0.05) is 18.2 Å². The molecule has 8 heteroatoms. The maximum absolute atomic E-state index is 13.3. The standard InChI is InChI=1S/C21H23FN2O5/c1-3-24(13-15-6-4-8-17(22)10-15)19(25)14-29-20(26)12-23-21(27)16-7-5-9-18(11-16)28-2/h4-11H,3,12-14H2,1-2H3,(H,23,27). The molecule has 2 amide bonds. The molecule has 154 valence electrons. The predicted molar refractivity (Wildman–Crippen MR) is 104 cm³/mol. The topological polar surface area (TPSA) is 84.9 Å². The largest absolute Gasteiger partial charge is 0.497 e. The van der Waals surface area contributed by atoms with Crippen molar-refractivity contribution in [2.45, 2.75) is 13.5 Å². The van der Waals surface area contributed by atoms with Gasteiger partial charge >= 0.3 is 5.97 Å². The van der Waals surface area contributed by atoms with Gasteiger partial charge in [0, 0.05) is 18.7 Å². The van der Waals surface area contributed by atoms with Gasteiger partial charge in [0.25, 0.3) is 11.8 Å². The van der Waals surface area contributed by atoms with E-state index in [4.69, 9.17) is 9.47 Å². The molecule has 2 aromatic rings. The second kappa shape index (κ2) is 10.8. The number of carbonyl (C=O) groups is 3. The zero-order valence-corrected chi connectivity index (χ0v) is 16.3. The van der Waals surface area contributed by atoms with Crippen molar-refractivity contribution in [1.29, 1.82) is 0 Å². The number of ether oxygens (including phenoxy) is 2. The molecule has 0 radical (unpaired) electrons. The number of amides is 2. The third-order valence-corrected chi connectivity index (χ3v) is 4.08. The summed E-state index contributed by atoms with van der Waals surface area (Å²) in [5, 5.41) is 2.43. The molecule has 0 atom stereocenters. The molecular weight excluding hydrogens is 379 g/mol. The Balaban J connectivity index is 1.79. The van der Waals surface area contributed by atoms with Crippen molar-refractivity contribution in [2.24, 2.45) is 0 Å². The van der Waals surface area contributed by atoms with Crippen molar-refractivity contribution >= 4 is 17.8 Å². The van der Waals surface area contributed by atoms with Crippen LogP contribution in [-0.4, -0.2) is 49.5 Å². The first-order chi connectivity index (χ1) is 13.9. The van der Waals surface area contributed by atoms with Crippen molar-refractivity contribution in [3.63, 3.8) is 0 Å². The summed E-state index contributed by atoms with van der Waals surface area (Å²) in [4.78, 5) is 37.6. The summed E-state index contributed by atoms with van der Waals surface area (Å²) < 4.78 is 23.3. The molecule has 0 bridgehead atoms. The molecule has 1 N–H and O–H groups in total. The number of rotatable bonds is 9. The lowest BCUT2D eigenvalue weighted by Gasteiger charge is -2.21. The summed E-state index contributed by atoms with van der Waals surface area (Å²) in [5.74, 6) is -1.48. The van der Waals surface area contributed by atoms with E-state index in [0.717, 1.165) is 0 Å². The van der Waals surface area contributed by atoms with E-state index in [1.54, 1.807) is 37.3 Å². The van der Waals surface area contributed by atoms with Crippen LogP contribution in [0.25, 0.3) is 0 Å². The first-order valence-corrected chi connectivity index (χ1v) is 9.03. The molecule has 0 saturated carbocycles. The first-order valence-electron chi connectivity index (χ1n) is 9.03. The quantitative estimate of drug-likeness (QED) is 0.650. The number of methoxy groups -OCH3 is 1. The number of nitrogens with zero attached hydrogens (tertiary/aromatic N) is 1. The number of hydrogen-bond acceptors (Lipinski definition) is 5. The van der Waals surface area contributed by atoms with E-state index in [1.807, 2.05) is 0 Å². The number of benzene rings is 2. The van der Waals surface area contributed by atoms with Crippen LogP contribution in [0.15, 0.2) is 48.5 Å². The zero-order chi connectivity index (χ0) is 21.2. The van der Waals surface area contributed by atoms with E-state index in [2.05, 4.69) is 5.32 Å². The Morgan fingerprint density at radius 2 is 1.86 bits per heavy atom.